The maximum absolute atomic E-state index is 14.2. The van der Waals surface area contributed by atoms with E-state index >= 15 is 0 Å². The smallest absolute Gasteiger partial charge is 0.375 e. The summed E-state index contributed by atoms with van der Waals surface area (Å²) in [5, 5.41) is 15.9. The summed E-state index contributed by atoms with van der Waals surface area (Å²) in [5.41, 5.74) is 1.06. The highest BCUT2D eigenvalue weighted by molar-refractivity contribution is 8.26. The molecule has 0 saturated heterocycles. The molecule has 4 aliphatic rings. The highest BCUT2D eigenvalue weighted by Crippen LogP contribution is 2.69. The van der Waals surface area contributed by atoms with Crippen LogP contribution in [0.2, 0.25) is 0 Å². The molecule has 1 amide bonds. The van der Waals surface area contributed by atoms with Gasteiger partial charge in [-0.05, 0) is 110 Å². The summed E-state index contributed by atoms with van der Waals surface area (Å²) >= 11 is 0.550. The Morgan fingerprint density at radius 3 is 2.51 bits per heavy atom. The number of esters is 1. The number of allylic oxidation sites excluding steroid dienone is 1. The third-order valence-electron chi connectivity index (χ3n) is 11.9. The first-order valence-electron chi connectivity index (χ1n) is 16.6. The highest BCUT2D eigenvalue weighted by Gasteiger charge is 2.71. The van der Waals surface area contributed by atoms with E-state index in [9.17, 15) is 27.9 Å². The molecule has 13 heteroatoms. The molecule has 7 atom stereocenters. The molecule has 2 heterocycles. The molecular formula is C36H41N3O8S2. The number of carbonyl (C=O) groups excluding carboxylic acids is 3. The lowest BCUT2D eigenvalue weighted by molar-refractivity contribution is -0.175. The molecule has 0 aliphatic heterocycles. The maximum atomic E-state index is 14.2. The number of sulfone groups is 1. The zero-order valence-electron chi connectivity index (χ0n) is 28.2. The van der Waals surface area contributed by atoms with Gasteiger partial charge in [0.05, 0.1) is 34.8 Å². The summed E-state index contributed by atoms with van der Waals surface area (Å²) in [6, 6.07) is 9.76. The van der Waals surface area contributed by atoms with E-state index in [2.05, 4.69) is 13.0 Å². The molecule has 4 aliphatic carbocycles. The Hall–Kier alpha value is -3.68. The first-order chi connectivity index (χ1) is 23.1. The van der Waals surface area contributed by atoms with Crippen LogP contribution in [0.15, 0.2) is 63.7 Å². The van der Waals surface area contributed by atoms with Gasteiger partial charge >= 0.3 is 5.97 Å². The molecule has 3 saturated carbocycles. The number of thioether (sulfide) groups is 1. The van der Waals surface area contributed by atoms with Gasteiger partial charge in [-0.15, -0.1) is 0 Å². The fourth-order valence-corrected chi connectivity index (χ4v) is 11.1. The van der Waals surface area contributed by atoms with Crippen molar-refractivity contribution in [1.82, 2.24) is 14.7 Å². The summed E-state index contributed by atoms with van der Waals surface area (Å²) in [7, 11) is -0.186. The van der Waals surface area contributed by atoms with Crippen molar-refractivity contribution in [2.45, 2.75) is 69.0 Å². The molecule has 0 bridgehead atoms. The second-order valence-corrected chi connectivity index (χ2v) is 17.7. The maximum Gasteiger partial charge on any atom is 0.375 e. The molecule has 0 unspecified atom stereocenters. The van der Waals surface area contributed by atoms with Gasteiger partial charge in [-0.25, -0.2) is 17.9 Å². The Labute approximate surface area is 290 Å². The van der Waals surface area contributed by atoms with Crippen LogP contribution in [0, 0.1) is 28.6 Å². The average Bonchev–Trinajstić information content (AvgIpc) is 3.78. The summed E-state index contributed by atoms with van der Waals surface area (Å²) in [4.78, 5) is 42.0. The zero-order chi connectivity index (χ0) is 35.1. The fourth-order valence-electron chi connectivity index (χ4n) is 9.61. The topological polar surface area (TPSA) is 149 Å². The van der Waals surface area contributed by atoms with Crippen LogP contribution in [0.5, 0.6) is 0 Å². The number of fused-ring (bicyclic) bond motifs is 6. The van der Waals surface area contributed by atoms with Gasteiger partial charge in [0.25, 0.3) is 5.24 Å². The van der Waals surface area contributed by atoms with Gasteiger partial charge in [0, 0.05) is 37.5 Å². The van der Waals surface area contributed by atoms with Crippen LogP contribution in [-0.2, 0) is 25.8 Å². The lowest BCUT2D eigenvalue weighted by Gasteiger charge is -2.60. The number of benzene rings is 1. The van der Waals surface area contributed by atoms with Crippen molar-refractivity contribution in [3.05, 3.63) is 71.4 Å². The Bertz CT molecular complexity index is 1970. The number of amides is 1. The van der Waals surface area contributed by atoms with Gasteiger partial charge in [-0.1, -0.05) is 19.4 Å². The van der Waals surface area contributed by atoms with Crippen molar-refractivity contribution in [3.63, 3.8) is 0 Å². The van der Waals surface area contributed by atoms with Crippen LogP contribution in [0.25, 0.3) is 11.8 Å². The number of hydrogen-bond donors (Lipinski definition) is 1. The molecule has 0 spiro atoms. The van der Waals surface area contributed by atoms with Crippen molar-refractivity contribution in [2.24, 2.45) is 28.6 Å². The number of hydrogen-bond acceptors (Lipinski definition) is 10. The van der Waals surface area contributed by atoms with E-state index in [0.717, 1.165) is 29.8 Å². The minimum absolute atomic E-state index is 0.0257. The number of ether oxygens (including phenoxy) is 1. The first kappa shape index (κ1) is 33.8. The minimum atomic E-state index is -3.33. The molecule has 7 rings (SSSR count). The number of nitrogens with zero attached hydrogens (tertiary/aromatic N) is 3. The fraction of sp³-hybridized carbons (Fsp3) is 0.500. The number of rotatable bonds is 5. The van der Waals surface area contributed by atoms with Gasteiger partial charge in [-0.3, -0.25) is 9.59 Å². The van der Waals surface area contributed by atoms with E-state index in [1.807, 2.05) is 17.8 Å². The Balaban J connectivity index is 1.22. The van der Waals surface area contributed by atoms with E-state index in [0.29, 0.717) is 24.6 Å². The second kappa shape index (κ2) is 11.7. The van der Waals surface area contributed by atoms with Crippen LogP contribution >= 0.6 is 11.8 Å². The van der Waals surface area contributed by atoms with E-state index in [4.69, 9.17) is 14.3 Å². The van der Waals surface area contributed by atoms with Crippen molar-refractivity contribution >= 4 is 44.0 Å². The minimum Gasteiger partial charge on any atom is -0.457 e. The summed E-state index contributed by atoms with van der Waals surface area (Å²) in [6.45, 7) is 4.17. The van der Waals surface area contributed by atoms with Crippen molar-refractivity contribution in [3.8, 4) is 5.69 Å². The monoisotopic (exact) mass is 707 g/mol. The Kier molecular flexibility index (Phi) is 8.07. The van der Waals surface area contributed by atoms with Gasteiger partial charge < -0.3 is 19.2 Å². The molecule has 49 heavy (non-hydrogen) atoms. The predicted molar refractivity (Wildman–Crippen MR) is 183 cm³/mol. The summed E-state index contributed by atoms with van der Waals surface area (Å²) in [6.07, 6.45) is 9.12. The second-order valence-electron chi connectivity index (χ2n) is 14.8. The number of aromatic nitrogens is 2. The van der Waals surface area contributed by atoms with Gasteiger partial charge in [0.2, 0.25) is 10.9 Å². The predicted octanol–water partition coefficient (Wildman–Crippen LogP) is 5.56. The molecule has 1 N–H and O–H groups in total. The number of aliphatic hydroxyl groups is 1. The standard InChI is InChI=1S/C36H41N3O8S2/c1-34-18-21-20-37-39(23-9-11-24(12-10-23)49(5,44)45)27(21)17-22(34)8-13-25-26-14-15-36(32(42)48-33(43)38(3)4,35(26,2)19-28(40)30(25)34)47-31(41)29-7-6-16-46-29/h6-7,9-12,16-17,20,25-26,28,30,40H,8,13-15,18-19H2,1-5H3/t25-,26-,28-,30+,34-,35-,36-/m0/s1. The van der Waals surface area contributed by atoms with E-state index < -0.39 is 43.3 Å². The third kappa shape index (κ3) is 5.22. The van der Waals surface area contributed by atoms with Gasteiger partial charge in [0.15, 0.2) is 15.4 Å². The lowest BCUT2D eigenvalue weighted by atomic mass is 9.45. The number of aliphatic hydroxyl groups excluding tert-OH is 1. The molecule has 260 valence electrons. The molecule has 11 nitrogen and oxygen atoms in total. The largest absolute Gasteiger partial charge is 0.457 e. The van der Waals surface area contributed by atoms with Crippen LogP contribution in [0.1, 0.15) is 67.8 Å². The Morgan fingerprint density at radius 1 is 1.12 bits per heavy atom. The van der Waals surface area contributed by atoms with Crippen LogP contribution in [0.3, 0.4) is 0 Å². The van der Waals surface area contributed by atoms with Gasteiger partial charge in [0.1, 0.15) is 0 Å². The van der Waals surface area contributed by atoms with Crippen molar-refractivity contribution in [2.75, 3.05) is 20.4 Å². The SMILES string of the molecule is CN(C)C(=O)SC(=O)[C@@]1(OC(=O)c2ccco2)CC[C@H]2[C@@H]3CCC4=Cc5c(cnn5-c5ccc(S(C)(=O)=O)cc5)C[C@]4(C)[C@H]3[C@@H](O)C[C@@]21C. The molecular weight excluding hydrogens is 667 g/mol. The number of furan rings is 1. The Morgan fingerprint density at radius 2 is 1.86 bits per heavy atom. The summed E-state index contributed by atoms with van der Waals surface area (Å²) in [5.74, 6) is -0.901. The molecule has 2 aromatic heterocycles. The average molecular weight is 708 g/mol. The highest BCUT2D eigenvalue weighted by atomic mass is 32.2. The van der Waals surface area contributed by atoms with Crippen LogP contribution < -0.4 is 0 Å². The summed E-state index contributed by atoms with van der Waals surface area (Å²) < 4.78 is 37.4. The van der Waals surface area contributed by atoms with E-state index in [-0.39, 0.29) is 46.7 Å². The van der Waals surface area contributed by atoms with E-state index in [1.165, 1.54) is 29.1 Å². The zero-order valence-corrected chi connectivity index (χ0v) is 29.8. The quantitative estimate of drug-likeness (QED) is 0.334. The molecule has 1 aromatic carbocycles. The molecule has 3 fully saturated rings. The first-order valence-corrected chi connectivity index (χ1v) is 19.3. The van der Waals surface area contributed by atoms with Gasteiger partial charge in [-0.2, -0.15) is 5.10 Å². The number of carbonyl (C=O) groups is 3. The van der Waals surface area contributed by atoms with Crippen LogP contribution in [0.4, 0.5) is 4.79 Å². The molecule has 3 aromatic rings. The van der Waals surface area contributed by atoms with E-state index in [1.54, 1.807) is 44.4 Å². The van der Waals surface area contributed by atoms with Crippen molar-refractivity contribution < 1.29 is 37.1 Å². The normalized spacial score (nSPS) is 31.8. The van der Waals surface area contributed by atoms with Crippen molar-refractivity contribution in [1.29, 1.82) is 0 Å². The third-order valence-corrected chi connectivity index (χ3v) is 14.1. The lowest BCUT2D eigenvalue weighted by Crippen LogP contribution is -2.62. The van der Waals surface area contributed by atoms with Crippen LogP contribution in [-0.4, -0.2) is 76.6 Å². The molecule has 0 radical (unpaired) electrons.